The standard InChI is InChI=1S/C10H17N5O4/c1-10(2,3)19-9(18)11-4-5-15-7(6-8(16)17)12-13-14-15/h4-6H2,1-3H3,(H,11,18)(H,16,17). The zero-order valence-electron chi connectivity index (χ0n) is 11.1. The fourth-order valence-corrected chi connectivity index (χ4v) is 1.24. The van der Waals surface area contributed by atoms with Gasteiger partial charge in [0.05, 0.1) is 6.54 Å². The van der Waals surface area contributed by atoms with E-state index in [9.17, 15) is 9.59 Å². The van der Waals surface area contributed by atoms with Crippen molar-refractivity contribution in [3.05, 3.63) is 5.82 Å². The van der Waals surface area contributed by atoms with Crippen LogP contribution in [0.15, 0.2) is 0 Å². The first kappa shape index (κ1) is 14.9. The molecule has 106 valence electrons. The number of tetrazole rings is 1. The molecule has 0 aromatic carbocycles. The number of ether oxygens (including phenoxy) is 1. The van der Waals surface area contributed by atoms with Gasteiger partial charge in [-0.3, -0.25) is 4.79 Å². The van der Waals surface area contributed by atoms with E-state index in [4.69, 9.17) is 9.84 Å². The third-order valence-corrected chi connectivity index (χ3v) is 1.91. The number of carboxylic acid groups (broad SMARTS) is 1. The van der Waals surface area contributed by atoms with Crippen LogP contribution in [0.25, 0.3) is 0 Å². The van der Waals surface area contributed by atoms with Gasteiger partial charge in [0.1, 0.15) is 12.0 Å². The topological polar surface area (TPSA) is 119 Å². The summed E-state index contributed by atoms with van der Waals surface area (Å²) in [5.74, 6) is -0.783. The van der Waals surface area contributed by atoms with Crippen molar-refractivity contribution < 1.29 is 19.4 Å². The van der Waals surface area contributed by atoms with Gasteiger partial charge in [0.2, 0.25) is 0 Å². The molecule has 19 heavy (non-hydrogen) atoms. The first-order chi connectivity index (χ1) is 8.78. The van der Waals surface area contributed by atoms with Crippen molar-refractivity contribution in [1.29, 1.82) is 0 Å². The molecule has 1 heterocycles. The number of aliphatic carboxylic acids is 1. The number of carboxylic acids is 1. The highest BCUT2D eigenvalue weighted by Gasteiger charge is 2.16. The maximum atomic E-state index is 11.4. The van der Waals surface area contributed by atoms with Crippen LogP contribution in [-0.4, -0.2) is 49.5 Å². The van der Waals surface area contributed by atoms with E-state index in [1.165, 1.54) is 4.68 Å². The predicted molar refractivity (Wildman–Crippen MR) is 63.4 cm³/mol. The number of hydrogen-bond acceptors (Lipinski definition) is 6. The first-order valence-corrected chi connectivity index (χ1v) is 5.71. The van der Waals surface area contributed by atoms with Gasteiger partial charge in [-0.05, 0) is 31.2 Å². The third-order valence-electron chi connectivity index (χ3n) is 1.91. The lowest BCUT2D eigenvalue weighted by Crippen LogP contribution is -2.34. The second-order valence-corrected chi connectivity index (χ2v) is 4.82. The van der Waals surface area contributed by atoms with Crippen molar-refractivity contribution in [3.63, 3.8) is 0 Å². The van der Waals surface area contributed by atoms with Crippen LogP contribution in [-0.2, 0) is 22.5 Å². The molecule has 0 aliphatic rings. The highest BCUT2D eigenvalue weighted by molar-refractivity contribution is 5.69. The molecule has 0 atom stereocenters. The second kappa shape index (κ2) is 6.12. The van der Waals surface area contributed by atoms with E-state index >= 15 is 0 Å². The summed E-state index contributed by atoms with van der Waals surface area (Å²) in [5, 5.41) is 21.8. The van der Waals surface area contributed by atoms with E-state index in [1.807, 2.05) is 0 Å². The number of nitrogens with zero attached hydrogens (tertiary/aromatic N) is 4. The fraction of sp³-hybridized carbons (Fsp3) is 0.700. The SMILES string of the molecule is CC(C)(C)OC(=O)NCCn1nnnc1CC(=O)O. The molecule has 9 nitrogen and oxygen atoms in total. The Morgan fingerprint density at radius 3 is 2.68 bits per heavy atom. The van der Waals surface area contributed by atoms with Crippen molar-refractivity contribution in [3.8, 4) is 0 Å². The molecule has 1 aromatic heterocycles. The highest BCUT2D eigenvalue weighted by Crippen LogP contribution is 2.06. The van der Waals surface area contributed by atoms with E-state index in [0.717, 1.165) is 0 Å². The minimum absolute atomic E-state index is 0.235. The smallest absolute Gasteiger partial charge is 0.407 e. The third kappa shape index (κ3) is 5.80. The number of nitrogens with one attached hydrogen (secondary N) is 1. The van der Waals surface area contributed by atoms with Gasteiger partial charge in [-0.2, -0.15) is 0 Å². The van der Waals surface area contributed by atoms with E-state index in [0.29, 0.717) is 0 Å². The molecule has 1 rings (SSSR count). The summed E-state index contributed by atoms with van der Waals surface area (Å²) in [4.78, 5) is 21.9. The largest absolute Gasteiger partial charge is 0.481 e. The Kier molecular flexibility index (Phi) is 4.79. The highest BCUT2D eigenvalue weighted by atomic mass is 16.6. The lowest BCUT2D eigenvalue weighted by Gasteiger charge is -2.19. The van der Waals surface area contributed by atoms with Crippen LogP contribution < -0.4 is 5.32 Å². The zero-order valence-corrected chi connectivity index (χ0v) is 11.1. The van der Waals surface area contributed by atoms with Crippen LogP contribution in [0.1, 0.15) is 26.6 Å². The number of alkyl carbamates (subject to hydrolysis) is 1. The van der Waals surface area contributed by atoms with Crippen molar-refractivity contribution in [2.45, 2.75) is 39.3 Å². The molecule has 0 spiro atoms. The molecule has 0 saturated carbocycles. The molecule has 0 radical (unpaired) electrons. The van der Waals surface area contributed by atoms with E-state index in [1.54, 1.807) is 20.8 Å². The molecule has 0 aliphatic carbocycles. The monoisotopic (exact) mass is 271 g/mol. The lowest BCUT2D eigenvalue weighted by molar-refractivity contribution is -0.136. The Labute approximate surface area is 109 Å². The van der Waals surface area contributed by atoms with Gasteiger partial charge in [-0.1, -0.05) is 0 Å². The average molecular weight is 271 g/mol. The quantitative estimate of drug-likeness (QED) is 0.762. The molecule has 0 unspecified atom stereocenters. The predicted octanol–water partition coefficient (Wildman–Crippen LogP) is -0.175. The molecular formula is C10H17N5O4. The van der Waals surface area contributed by atoms with Gasteiger partial charge < -0.3 is 15.2 Å². The molecule has 0 bridgehead atoms. The molecule has 1 aromatic rings. The summed E-state index contributed by atoms with van der Waals surface area (Å²) in [5.41, 5.74) is -0.562. The minimum Gasteiger partial charge on any atom is -0.481 e. The fourth-order valence-electron chi connectivity index (χ4n) is 1.24. The van der Waals surface area contributed by atoms with Crippen LogP contribution in [0, 0.1) is 0 Å². The summed E-state index contributed by atoms with van der Waals surface area (Å²) in [6.07, 6.45) is -0.806. The summed E-state index contributed by atoms with van der Waals surface area (Å²) in [6.45, 7) is 5.80. The Morgan fingerprint density at radius 2 is 2.11 bits per heavy atom. The number of aromatic nitrogens is 4. The molecule has 0 aliphatic heterocycles. The van der Waals surface area contributed by atoms with Gasteiger partial charge in [0.25, 0.3) is 0 Å². The average Bonchev–Trinajstić information content (AvgIpc) is 2.62. The summed E-state index contributed by atoms with van der Waals surface area (Å²) >= 11 is 0. The van der Waals surface area contributed by atoms with Crippen LogP contribution in [0.2, 0.25) is 0 Å². The zero-order chi connectivity index (χ0) is 14.5. The molecule has 2 N–H and O–H groups in total. The van der Waals surface area contributed by atoms with Crippen molar-refractivity contribution in [2.75, 3.05) is 6.54 Å². The Morgan fingerprint density at radius 1 is 1.42 bits per heavy atom. The van der Waals surface area contributed by atoms with Gasteiger partial charge in [0, 0.05) is 6.54 Å². The lowest BCUT2D eigenvalue weighted by atomic mass is 10.2. The number of carbonyl (C=O) groups is 2. The number of hydrogen-bond donors (Lipinski definition) is 2. The minimum atomic E-state index is -1.02. The van der Waals surface area contributed by atoms with Crippen LogP contribution in [0.4, 0.5) is 4.79 Å². The molecular weight excluding hydrogens is 254 g/mol. The van der Waals surface area contributed by atoms with Gasteiger partial charge in [-0.15, -0.1) is 5.10 Å². The normalized spacial score (nSPS) is 11.1. The van der Waals surface area contributed by atoms with Gasteiger partial charge in [0.15, 0.2) is 5.82 Å². The van der Waals surface area contributed by atoms with E-state index < -0.39 is 17.7 Å². The van der Waals surface area contributed by atoms with Crippen molar-refractivity contribution in [2.24, 2.45) is 0 Å². The van der Waals surface area contributed by atoms with Crippen LogP contribution in [0.5, 0.6) is 0 Å². The summed E-state index contributed by atoms with van der Waals surface area (Å²) in [6, 6.07) is 0. The Hall–Kier alpha value is -2.19. The van der Waals surface area contributed by atoms with Gasteiger partial charge in [-0.25, -0.2) is 9.48 Å². The second-order valence-electron chi connectivity index (χ2n) is 4.82. The number of amides is 1. The maximum absolute atomic E-state index is 11.4. The Bertz CT molecular complexity index is 451. The summed E-state index contributed by atoms with van der Waals surface area (Å²) in [7, 11) is 0. The molecule has 1 amide bonds. The van der Waals surface area contributed by atoms with E-state index in [2.05, 4.69) is 20.8 Å². The molecule has 0 saturated heterocycles. The number of rotatable bonds is 5. The van der Waals surface area contributed by atoms with Crippen LogP contribution in [0.3, 0.4) is 0 Å². The first-order valence-electron chi connectivity index (χ1n) is 5.71. The number of carbonyl (C=O) groups excluding carboxylic acids is 1. The van der Waals surface area contributed by atoms with Crippen molar-refractivity contribution in [1.82, 2.24) is 25.5 Å². The van der Waals surface area contributed by atoms with Gasteiger partial charge >= 0.3 is 12.1 Å². The van der Waals surface area contributed by atoms with Crippen molar-refractivity contribution >= 4 is 12.1 Å². The molecule has 9 heteroatoms. The Balaban J connectivity index is 2.39. The van der Waals surface area contributed by atoms with E-state index in [-0.39, 0.29) is 25.3 Å². The molecule has 0 fully saturated rings. The van der Waals surface area contributed by atoms with Crippen LogP contribution >= 0.6 is 0 Å². The maximum Gasteiger partial charge on any atom is 0.407 e. The summed E-state index contributed by atoms with van der Waals surface area (Å²) < 4.78 is 6.37.